The van der Waals surface area contributed by atoms with Crippen LogP contribution in [0.4, 0.5) is 0 Å². The molecule has 33 heavy (non-hydrogen) atoms. The number of nitrogens with one attached hydrogen (secondary N) is 1. The second-order valence-electron chi connectivity index (χ2n) is 7.71. The van der Waals surface area contributed by atoms with E-state index >= 15 is 0 Å². The molecule has 0 spiro atoms. The predicted molar refractivity (Wildman–Crippen MR) is 124 cm³/mol. The summed E-state index contributed by atoms with van der Waals surface area (Å²) in [5.74, 6) is 1.87. The molecule has 0 aliphatic carbocycles. The second kappa shape index (κ2) is 8.70. The number of hydrogen-bond acceptors (Lipinski definition) is 5. The molecule has 4 aromatic rings. The van der Waals surface area contributed by atoms with E-state index in [4.69, 9.17) is 19.3 Å². The van der Waals surface area contributed by atoms with Crippen LogP contribution < -0.4 is 19.5 Å². The van der Waals surface area contributed by atoms with Gasteiger partial charge in [-0.2, -0.15) is 5.10 Å². The van der Waals surface area contributed by atoms with E-state index in [2.05, 4.69) is 5.32 Å². The molecule has 3 aromatic carbocycles. The normalized spacial score (nSPS) is 12.9. The Hall–Kier alpha value is -4.26. The molecule has 0 fully saturated rings. The Balaban J connectivity index is 1.49. The van der Waals surface area contributed by atoms with Crippen LogP contribution in [-0.2, 0) is 0 Å². The highest BCUT2D eigenvalue weighted by Gasteiger charge is 2.22. The molecule has 5 rings (SSSR count). The third-order valence-corrected chi connectivity index (χ3v) is 5.57. The summed E-state index contributed by atoms with van der Waals surface area (Å²) in [6.45, 7) is 2.14. The number of carbonyl (C=O) groups excluding carboxylic acids is 1. The number of amides is 1. The standard InChI is InChI=1S/C26H23N3O4/c1-17(18-11-12-23-24(14-18)33-16-32-23)27-26(30)22-15-29(20-8-4-3-5-9-20)28-25(22)19-7-6-10-21(13-19)31-2/h3-15,17H,16H2,1-2H3,(H,27,30). The first-order chi connectivity index (χ1) is 16.1. The van der Waals surface area contributed by atoms with Crippen molar-refractivity contribution < 1.29 is 19.0 Å². The van der Waals surface area contributed by atoms with E-state index in [1.165, 1.54) is 0 Å². The number of methoxy groups -OCH3 is 1. The lowest BCUT2D eigenvalue weighted by Gasteiger charge is -2.15. The monoisotopic (exact) mass is 441 g/mol. The summed E-state index contributed by atoms with van der Waals surface area (Å²) in [4.78, 5) is 13.4. The summed E-state index contributed by atoms with van der Waals surface area (Å²) in [6, 6.07) is 22.7. The molecule has 0 bridgehead atoms. The maximum atomic E-state index is 13.4. The van der Waals surface area contributed by atoms with E-state index in [1.54, 1.807) is 18.0 Å². The summed E-state index contributed by atoms with van der Waals surface area (Å²) in [5, 5.41) is 7.83. The Morgan fingerprint density at radius 1 is 1.03 bits per heavy atom. The minimum absolute atomic E-state index is 0.210. The molecule has 1 N–H and O–H groups in total. The summed E-state index contributed by atoms with van der Waals surface area (Å²) in [5.41, 5.74) is 3.63. The fourth-order valence-corrected chi connectivity index (χ4v) is 3.78. The zero-order valence-corrected chi connectivity index (χ0v) is 18.3. The lowest BCUT2D eigenvalue weighted by atomic mass is 10.1. The molecule has 0 radical (unpaired) electrons. The molecule has 1 amide bonds. The molecule has 1 aliphatic heterocycles. The van der Waals surface area contributed by atoms with Gasteiger partial charge in [0.1, 0.15) is 11.4 Å². The molecule has 1 aliphatic rings. The minimum Gasteiger partial charge on any atom is -0.497 e. The van der Waals surface area contributed by atoms with Gasteiger partial charge >= 0.3 is 0 Å². The number of carbonyl (C=O) groups is 1. The molecule has 0 saturated carbocycles. The SMILES string of the molecule is COc1cccc(-c2nn(-c3ccccc3)cc2C(=O)NC(C)c2ccc3c(c2)OCO3)c1. The maximum absolute atomic E-state index is 13.4. The van der Waals surface area contributed by atoms with Crippen LogP contribution in [0.15, 0.2) is 79.0 Å². The highest BCUT2D eigenvalue weighted by atomic mass is 16.7. The summed E-state index contributed by atoms with van der Waals surface area (Å²) >= 11 is 0. The van der Waals surface area contributed by atoms with Gasteiger partial charge < -0.3 is 19.5 Å². The van der Waals surface area contributed by atoms with Crippen LogP contribution in [0.5, 0.6) is 17.2 Å². The zero-order valence-electron chi connectivity index (χ0n) is 18.3. The van der Waals surface area contributed by atoms with Crippen molar-refractivity contribution in [1.82, 2.24) is 15.1 Å². The largest absolute Gasteiger partial charge is 0.497 e. The Morgan fingerprint density at radius 3 is 2.67 bits per heavy atom. The van der Waals surface area contributed by atoms with E-state index in [-0.39, 0.29) is 18.7 Å². The Labute approximate surface area is 191 Å². The number of rotatable bonds is 6. The van der Waals surface area contributed by atoms with Crippen molar-refractivity contribution in [3.05, 3.63) is 90.1 Å². The van der Waals surface area contributed by atoms with E-state index in [0.29, 0.717) is 28.5 Å². The van der Waals surface area contributed by atoms with Crippen molar-refractivity contribution in [2.45, 2.75) is 13.0 Å². The third kappa shape index (κ3) is 4.13. The molecule has 1 atom stereocenters. The highest BCUT2D eigenvalue weighted by Crippen LogP contribution is 2.34. The van der Waals surface area contributed by atoms with Gasteiger partial charge in [0.05, 0.1) is 24.4 Å². The number of benzene rings is 3. The second-order valence-corrected chi connectivity index (χ2v) is 7.71. The fraction of sp³-hybridized carbons (Fsp3) is 0.154. The van der Waals surface area contributed by atoms with Gasteiger partial charge in [-0.25, -0.2) is 4.68 Å². The van der Waals surface area contributed by atoms with Crippen molar-refractivity contribution in [3.63, 3.8) is 0 Å². The molecule has 2 heterocycles. The minimum atomic E-state index is -0.245. The Morgan fingerprint density at radius 2 is 1.85 bits per heavy atom. The van der Waals surface area contributed by atoms with E-state index in [1.807, 2.05) is 79.7 Å². The third-order valence-electron chi connectivity index (χ3n) is 5.57. The van der Waals surface area contributed by atoms with Crippen molar-refractivity contribution in [2.75, 3.05) is 13.9 Å². The molecule has 166 valence electrons. The van der Waals surface area contributed by atoms with Gasteiger partial charge in [-0.3, -0.25) is 4.79 Å². The van der Waals surface area contributed by atoms with Crippen molar-refractivity contribution >= 4 is 5.91 Å². The van der Waals surface area contributed by atoms with Crippen LogP contribution in [0.2, 0.25) is 0 Å². The van der Waals surface area contributed by atoms with E-state index in [0.717, 1.165) is 16.8 Å². The molecule has 1 aromatic heterocycles. The van der Waals surface area contributed by atoms with Crippen LogP contribution in [0.3, 0.4) is 0 Å². The Kier molecular flexibility index (Phi) is 5.44. The fourth-order valence-electron chi connectivity index (χ4n) is 3.78. The first-order valence-electron chi connectivity index (χ1n) is 10.6. The number of para-hydroxylation sites is 1. The van der Waals surface area contributed by atoms with Crippen LogP contribution in [0, 0.1) is 0 Å². The van der Waals surface area contributed by atoms with Crippen LogP contribution in [0.1, 0.15) is 28.9 Å². The Bertz CT molecular complexity index is 1300. The number of aromatic nitrogens is 2. The van der Waals surface area contributed by atoms with Crippen molar-refractivity contribution in [1.29, 1.82) is 0 Å². The van der Waals surface area contributed by atoms with Crippen LogP contribution >= 0.6 is 0 Å². The average molecular weight is 441 g/mol. The van der Waals surface area contributed by atoms with Gasteiger partial charge in [-0.05, 0) is 48.9 Å². The van der Waals surface area contributed by atoms with Crippen LogP contribution in [0.25, 0.3) is 16.9 Å². The molecule has 7 nitrogen and oxygen atoms in total. The summed E-state index contributed by atoms with van der Waals surface area (Å²) in [7, 11) is 1.61. The quantitative estimate of drug-likeness (QED) is 0.467. The van der Waals surface area contributed by atoms with Gasteiger partial charge in [0.15, 0.2) is 11.5 Å². The van der Waals surface area contributed by atoms with Gasteiger partial charge in [0.25, 0.3) is 5.91 Å². The van der Waals surface area contributed by atoms with Crippen molar-refractivity contribution in [3.8, 4) is 34.2 Å². The first kappa shape index (κ1) is 20.6. The maximum Gasteiger partial charge on any atom is 0.255 e. The molecular formula is C26H23N3O4. The number of ether oxygens (including phenoxy) is 3. The highest BCUT2D eigenvalue weighted by molar-refractivity contribution is 6.00. The summed E-state index contributed by atoms with van der Waals surface area (Å²) < 4.78 is 17.9. The average Bonchev–Trinajstić information content (AvgIpc) is 3.51. The number of fused-ring (bicyclic) bond motifs is 1. The molecular weight excluding hydrogens is 418 g/mol. The number of hydrogen-bond donors (Lipinski definition) is 1. The van der Waals surface area contributed by atoms with Gasteiger partial charge in [-0.1, -0.05) is 36.4 Å². The molecule has 7 heteroatoms. The topological polar surface area (TPSA) is 74.6 Å². The molecule has 0 saturated heterocycles. The van der Waals surface area contributed by atoms with Crippen LogP contribution in [-0.4, -0.2) is 29.6 Å². The van der Waals surface area contributed by atoms with Crippen molar-refractivity contribution in [2.24, 2.45) is 0 Å². The lowest BCUT2D eigenvalue weighted by molar-refractivity contribution is 0.0940. The molecule has 1 unspecified atom stereocenters. The van der Waals surface area contributed by atoms with Gasteiger partial charge in [0, 0.05) is 11.8 Å². The number of nitrogens with zero attached hydrogens (tertiary/aromatic N) is 2. The zero-order chi connectivity index (χ0) is 22.8. The van der Waals surface area contributed by atoms with E-state index < -0.39 is 0 Å². The van der Waals surface area contributed by atoms with Gasteiger partial charge in [0.2, 0.25) is 6.79 Å². The smallest absolute Gasteiger partial charge is 0.255 e. The lowest BCUT2D eigenvalue weighted by Crippen LogP contribution is -2.26. The predicted octanol–water partition coefficient (Wildman–Crippen LogP) is 4.77. The summed E-state index contributed by atoms with van der Waals surface area (Å²) in [6.07, 6.45) is 1.76. The van der Waals surface area contributed by atoms with E-state index in [9.17, 15) is 4.79 Å². The first-order valence-corrected chi connectivity index (χ1v) is 10.6. The van der Waals surface area contributed by atoms with Gasteiger partial charge in [-0.15, -0.1) is 0 Å².